The summed E-state index contributed by atoms with van der Waals surface area (Å²) in [5.74, 6) is 1.27. The molecule has 0 aliphatic rings. The Kier molecular flexibility index (Phi) is 6.22. The third kappa shape index (κ3) is 4.96. The number of H-pyrrole nitrogens is 1. The van der Waals surface area contributed by atoms with Crippen molar-refractivity contribution in [3.8, 4) is 17.1 Å². The summed E-state index contributed by atoms with van der Waals surface area (Å²) in [7, 11) is -2.31. The summed E-state index contributed by atoms with van der Waals surface area (Å²) in [4.78, 5) is 0.0270. The molecule has 0 spiro atoms. The van der Waals surface area contributed by atoms with E-state index >= 15 is 0 Å². The van der Waals surface area contributed by atoms with Gasteiger partial charge in [0.15, 0.2) is 5.82 Å². The number of rotatable bonds is 7. The van der Waals surface area contributed by atoms with E-state index in [-0.39, 0.29) is 4.90 Å². The van der Waals surface area contributed by atoms with Crippen molar-refractivity contribution in [2.75, 3.05) is 7.11 Å². The normalized spacial score (nSPS) is 11.5. The predicted octanol–water partition coefficient (Wildman–Crippen LogP) is 3.36. The second-order valence-electron chi connectivity index (χ2n) is 7.25. The number of hydrogen-bond acceptors (Lipinski definition) is 6. The molecular weight excluding hydrogens is 450 g/mol. The number of aromatic amines is 1. The van der Waals surface area contributed by atoms with E-state index in [1.54, 1.807) is 7.11 Å². The smallest absolute Gasteiger partial charge is 0.238 e. The van der Waals surface area contributed by atoms with Gasteiger partial charge in [0.25, 0.3) is 0 Å². The van der Waals surface area contributed by atoms with Crippen LogP contribution < -0.4 is 9.88 Å². The maximum Gasteiger partial charge on any atom is 0.238 e. The van der Waals surface area contributed by atoms with E-state index in [4.69, 9.17) is 21.5 Å². The van der Waals surface area contributed by atoms with Crippen molar-refractivity contribution in [2.45, 2.75) is 17.7 Å². The number of halogens is 1. The van der Waals surface area contributed by atoms with Crippen LogP contribution in [0.2, 0.25) is 5.02 Å². The molecule has 164 valence electrons. The molecule has 3 aromatic carbocycles. The number of nitrogens with zero attached hydrogens (tertiary/aromatic N) is 3. The van der Waals surface area contributed by atoms with Gasteiger partial charge in [-0.2, -0.15) is 0 Å². The number of nitrogens with two attached hydrogens (primary N) is 1. The predicted molar refractivity (Wildman–Crippen MR) is 121 cm³/mol. The molecule has 0 radical (unpaired) electrons. The minimum atomic E-state index is -3.91. The van der Waals surface area contributed by atoms with Gasteiger partial charge in [0.2, 0.25) is 10.0 Å². The number of aromatic nitrogens is 4. The molecule has 8 nitrogen and oxygen atoms in total. The van der Waals surface area contributed by atoms with Crippen LogP contribution in [0.4, 0.5) is 0 Å². The van der Waals surface area contributed by atoms with E-state index in [0.717, 1.165) is 16.7 Å². The Morgan fingerprint density at radius 1 is 1.00 bits per heavy atom. The molecule has 10 heteroatoms. The second-order valence-corrected chi connectivity index (χ2v) is 9.19. The number of benzene rings is 3. The molecule has 32 heavy (non-hydrogen) atoms. The molecule has 1 aromatic heterocycles. The van der Waals surface area contributed by atoms with Crippen LogP contribution in [-0.2, 0) is 22.9 Å². The highest BCUT2D eigenvalue weighted by atomic mass is 35.5. The van der Waals surface area contributed by atoms with E-state index in [9.17, 15) is 8.42 Å². The minimum absolute atomic E-state index is 0.0270. The van der Waals surface area contributed by atoms with E-state index in [2.05, 4.69) is 20.6 Å². The van der Waals surface area contributed by atoms with Gasteiger partial charge in [-0.1, -0.05) is 48.0 Å². The molecule has 0 saturated carbocycles. The van der Waals surface area contributed by atoms with Crippen molar-refractivity contribution in [1.29, 1.82) is 0 Å². The van der Waals surface area contributed by atoms with Gasteiger partial charge in [-0.05, 0) is 69.8 Å². The number of nitrogens with one attached hydrogen (secondary N) is 1. The Morgan fingerprint density at radius 2 is 1.69 bits per heavy atom. The molecule has 4 aromatic rings. The monoisotopic (exact) mass is 469 g/mol. The average molecular weight is 470 g/mol. The highest BCUT2D eigenvalue weighted by Gasteiger charge is 2.17. The lowest BCUT2D eigenvalue weighted by Crippen LogP contribution is -2.13. The Hall–Kier alpha value is -3.27. The third-order valence-corrected chi connectivity index (χ3v) is 6.40. The van der Waals surface area contributed by atoms with Crippen LogP contribution in [0.25, 0.3) is 11.4 Å². The zero-order valence-corrected chi connectivity index (χ0v) is 18.7. The van der Waals surface area contributed by atoms with Gasteiger partial charge in [-0.3, -0.25) is 0 Å². The van der Waals surface area contributed by atoms with Crippen LogP contribution >= 0.6 is 11.6 Å². The molecule has 0 aliphatic heterocycles. The first-order valence-corrected chi connectivity index (χ1v) is 11.6. The Balaban J connectivity index is 1.68. The maximum absolute atomic E-state index is 12.1. The lowest BCUT2D eigenvalue weighted by atomic mass is 9.98. The molecule has 0 saturated heterocycles. The van der Waals surface area contributed by atoms with E-state index in [0.29, 0.717) is 40.6 Å². The molecule has 1 heterocycles. The van der Waals surface area contributed by atoms with Gasteiger partial charge in [-0.25, -0.2) is 18.7 Å². The second kappa shape index (κ2) is 9.07. The molecule has 0 aliphatic carbocycles. The van der Waals surface area contributed by atoms with Crippen molar-refractivity contribution in [3.05, 3.63) is 87.9 Å². The summed E-state index contributed by atoms with van der Waals surface area (Å²) in [6.07, 6.45) is 0.867. The molecule has 0 unspecified atom stereocenters. The minimum Gasteiger partial charge on any atom is -0.497 e. The summed E-state index contributed by atoms with van der Waals surface area (Å²) in [5.41, 5.74) is 4.06. The number of tetrazole rings is 1. The van der Waals surface area contributed by atoms with Crippen molar-refractivity contribution in [1.82, 2.24) is 20.6 Å². The van der Waals surface area contributed by atoms with Crippen molar-refractivity contribution >= 4 is 21.6 Å². The molecular formula is C22H20ClN5O3S. The fourth-order valence-corrected chi connectivity index (χ4v) is 4.28. The summed E-state index contributed by atoms with van der Waals surface area (Å²) in [6, 6.07) is 18.2. The number of hydrogen-bond donors (Lipinski definition) is 2. The van der Waals surface area contributed by atoms with Crippen LogP contribution in [0, 0.1) is 0 Å². The molecule has 0 amide bonds. The summed E-state index contributed by atoms with van der Waals surface area (Å²) < 4.78 is 29.5. The molecule has 0 atom stereocenters. The van der Waals surface area contributed by atoms with Gasteiger partial charge in [0.05, 0.1) is 12.0 Å². The largest absolute Gasteiger partial charge is 0.497 e. The van der Waals surface area contributed by atoms with E-state index < -0.39 is 10.0 Å². The first-order chi connectivity index (χ1) is 15.3. The van der Waals surface area contributed by atoms with Crippen LogP contribution in [0.5, 0.6) is 5.75 Å². The Labute approximate surface area is 190 Å². The zero-order valence-electron chi connectivity index (χ0n) is 17.1. The lowest BCUT2D eigenvalue weighted by molar-refractivity contribution is 0.414. The first-order valence-electron chi connectivity index (χ1n) is 9.63. The van der Waals surface area contributed by atoms with E-state index in [1.807, 2.05) is 48.5 Å². The Morgan fingerprint density at radius 3 is 2.28 bits per heavy atom. The Bertz CT molecular complexity index is 1340. The SMILES string of the molecule is COc1cccc(Cc2cc(S(N)(=O)=O)cc(Cc3ccc(-c4nnn[nH]4)cc3)c2Cl)c1. The number of methoxy groups -OCH3 is 1. The number of ether oxygens (including phenoxy) is 1. The lowest BCUT2D eigenvalue weighted by Gasteiger charge is -2.14. The standard InChI is InChI=1S/C22H20ClN5O3S/c1-31-19-4-2-3-15(11-19)10-18-13-20(32(24,29)30)12-17(21(18)23)9-14-5-7-16(8-6-14)22-25-27-28-26-22/h2-8,11-13H,9-10H2,1H3,(H2,24,29,30)(H,25,26,27,28). The summed E-state index contributed by atoms with van der Waals surface area (Å²) >= 11 is 6.72. The summed E-state index contributed by atoms with van der Waals surface area (Å²) in [5, 5.41) is 19.7. The molecule has 3 N–H and O–H groups in total. The summed E-state index contributed by atoms with van der Waals surface area (Å²) in [6.45, 7) is 0. The number of sulfonamides is 1. The highest BCUT2D eigenvalue weighted by Crippen LogP contribution is 2.30. The van der Waals surface area contributed by atoms with Crippen LogP contribution in [0.3, 0.4) is 0 Å². The van der Waals surface area contributed by atoms with E-state index in [1.165, 1.54) is 12.1 Å². The van der Waals surface area contributed by atoms with Gasteiger partial charge in [-0.15, -0.1) is 5.10 Å². The third-order valence-electron chi connectivity index (χ3n) is 5.02. The van der Waals surface area contributed by atoms with Gasteiger partial charge < -0.3 is 4.74 Å². The van der Waals surface area contributed by atoms with Crippen molar-refractivity contribution in [3.63, 3.8) is 0 Å². The highest BCUT2D eigenvalue weighted by molar-refractivity contribution is 7.89. The van der Waals surface area contributed by atoms with Crippen LogP contribution in [0.1, 0.15) is 22.3 Å². The first kappa shape index (κ1) is 21.9. The zero-order chi connectivity index (χ0) is 22.7. The molecule has 0 bridgehead atoms. The van der Waals surface area contributed by atoms with Gasteiger partial charge in [0.1, 0.15) is 5.75 Å². The van der Waals surface area contributed by atoms with Gasteiger partial charge in [0, 0.05) is 10.6 Å². The maximum atomic E-state index is 12.1. The average Bonchev–Trinajstić information content (AvgIpc) is 3.31. The van der Waals surface area contributed by atoms with Crippen molar-refractivity contribution in [2.24, 2.45) is 5.14 Å². The van der Waals surface area contributed by atoms with Crippen molar-refractivity contribution < 1.29 is 13.2 Å². The topological polar surface area (TPSA) is 124 Å². The quantitative estimate of drug-likeness (QED) is 0.427. The molecule has 0 fully saturated rings. The molecule has 4 rings (SSSR count). The fraction of sp³-hybridized carbons (Fsp3) is 0.136. The fourth-order valence-electron chi connectivity index (χ4n) is 3.42. The van der Waals surface area contributed by atoms with Gasteiger partial charge >= 0.3 is 0 Å². The van der Waals surface area contributed by atoms with Crippen LogP contribution in [0.15, 0.2) is 65.6 Å². The number of primary sulfonamides is 1. The van der Waals surface area contributed by atoms with Crippen LogP contribution in [-0.4, -0.2) is 36.2 Å².